The van der Waals surface area contributed by atoms with Crippen molar-refractivity contribution in [3.05, 3.63) is 40.3 Å². The van der Waals surface area contributed by atoms with Crippen LogP contribution >= 0.6 is 0 Å². The van der Waals surface area contributed by atoms with Gasteiger partial charge < -0.3 is 5.32 Å². The first-order valence-electron chi connectivity index (χ1n) is 7.06. The molecule has 6 heteroatoms. The number of nitro groups is 1. The Morgan fingerprint density at radius 2 is 2.29 bits per heavy atom. The van der Waals surface area contributed by atoms with Crippen LogP contribution in [0.4, 0.5) is 15.8 Å². The van der Waals surface area contributed by atoms with E-state index in [4.69, 9.17) is 0 Å². The second kappa shape index (κ2) is 5.27. The van der Waals surface area contributed by atoms with Crippen molar-refractivity contribution in [2.24, 2.45) is 5.92 Å². The smallest absolute Gasteiger partial charge is 0.281 e. The van der Waals surface area contributed by atoms with Gasteiger partial charge in [-0.1, -0.05) is 13.3 Å². The molecule has 1 saturated carbocycles. The van der Waals surface area contributed by atoms with Gasteiger partial charge in [0.15, 0.2) is 5.82 Å². The standard InChI is InChI=1S/C15H16FN3O2/c1-9-4-2-6-12(9)18-15-11(16)8-13(19(20)21)10-5-3-7-17-14(10)15/h3,5,7-9,12,18H,2,4,6H2,1H3. The van der Waals surface area contributed by atoms with E-state index in [1.807, 2.05) is 0 Å². The van der Waals surface area contributed by atoms with Crippen molar-refractivity contribution < 1.29 is 9.31 Å². The van der Waals surface area contributed by atoms with E-state index in [0.717, 1.165) is 25.3 Å². The second-order valence-corrected chi connectivity index (χ2v) is 5.57. The summed E-state index contributed by atoms with van der Waals surface area (Å²) < 4.78 is 14.3. The van der Waals surface area contributed by atoms with Gasteiger partial charge in [0.25, 0.3) is 5.69 Å². The molecule has 3 rings (SSSR count). The van der Waals surface area contributed by atoms with Crippen LogP contribution in [0.25, 0.3) is 10.9 Å². The molecule has 1 heterocycles. The number of hydrogen-bond donors (Lipinski definition) is 1. The maximum Gasteiger partial charge on any atom is 0.281 e. The molecular weight excluding hydrogens is 273 g/mol. The minimum Gasteiger partial charge on any atom is -0.378 e. The summed E-state index contributed by atoms with van der Waals surface area (Å²) in [5.41, 5.74) is 0.346. The summed E-state index contributed by atoms with van der Waals surface area (Å²) in [4.78, 5) is 14.6. The number of pyridine rings is 1. The van der Waals surface area contributed by atoms with Crippen molar-refractivity contribution in [1.82, 2.24) is 4.98 Å². The number of hydrogen-bond acceptors (Lipinski definition) is 4. The highest BCUT2D eigenvalue weighted by Gasteiger charge is 2.26. The topological polar surface area (TPSA) is 68.1 Å². The predicted molar refractivity (Wildman–Crippen MR) is 78.8 cm³/mol. The first-order chi connectivity index (χ1) is 10.1. The zero-order valence-electron chi connectivity index (χ0n) is 11.7. The van der Waals surface area contributed by atoms with Crippen LogP contribution in [0.15, 0.2) is 24.4 Å². The Kier molecular flexibility index (Phi) is 3.45. The van der Waals surface area contributed by atoms with Crippen molar-refractivity contribution in [3.8, 4) is 0 Å². The molecule has 0 saturated heterocycles. The molecule has 1 fully saturated rings. The van der Waals surface area contributed by atoms with Crippen LogP contribution < -0.4 is 5.32 Å². The zero-order valence-corrected chi connectivity index (χ0v) is 11.7. The van der Waals surface area contributed by atoms with Crippen LogP contribution in [0.5, 0.6) is 0 Å². The predicted octanol–water partition coefficient (Wildman–Crippen LogP) is 3.88. The van der Waals surface area contributed by atoms with E-state index in [1.54, 1.807) is 12.1 Å². The van der Waals surface area contributed by atoms with Crippen molar-refractivity contribution in [2.75, 3.05) is 5.32 Å². The van der Waals surface area contributed by atoms with Gasteiger partial charge in [0.1, 0.15) is 5.52 Å². The monoisotopic (exact) mass is 289 g/mol. The number of rotatable bonds is 3. The molecule has 0 aliphatic heterocycles. The number of benzene rings is 1. The largest absolute Gasteiger partial charge is 0.378 e. The number of fused-ring (bicyclic) bond motifs is 1. The Hall–Kier alpha value is -2.24. The highest BCUT2D eigenvalue weighted by molar-refractivity contribution is 5.97. The molecule has 1 aromatic carbocycles. The lowest BCUT2D eigenvalue weighted by molar-refractivity contribution is -0.383. The van der Waals surface area contributed by atoms with Gasteiger partial charge in [0.2, 0.25) is 0 Å². The normalized spacial score (nSPS) is 21.6. The highest BCUT2D eigenvalue weighted by Crippen LogP contribution is 2.35. The van der Waals surface area contributed by atoms with E-state index in [-0.39, 0.29) is 17.4 Å². The fourth-order valence-corrected chi connectivity index (χ4v) is 3.03. The maximum absolute atomic E-state index is 14.3. The van der Waals surface area contributed by atoms with Gasteiger partial charge in [-0.3, -0.25) is 15.1 Å². The van der Waals surface area contributed by atoms with E-state index in [1.165, 1.54) is 6.20 Å². The summed E-state index contributed by atoms with van der Waals surface area (Å²) in [6.07, 6.45) is 4.72. The molecule has 1 N–H and O–H groups in total. The van der Waals surface area contributed by atoms with Crippen LogP contribution in [-0.2, 0) is 0 Å². The molecule has 0 radical (unpaired) electrons. The zero-order chi connectivity index (χ0) is 15.0. The molecule has 0 bridgehead atoms. The average Bonchev–Trinajstić information content (AvgIpc) is 2.86. The summed E-state index contributed by atoms with van der Waals surface area (Å²) in [6.45, 7) is 2.13. The molecule has 5 nitrogen and oxygen atoms in total. The van der Waals surface area contributed by atoms with Gasteiger partial charge in [-0.15, -0.1) is 0 Å². The van der Waals surface area contributed by atoms with Gasteiger partial charge in [0.05, 0.1) is 22.1 Å². The molecule has 21 heavy (non-hydrogen) atoms. The third-order valence-electron chi connectivity index (χ3n) is 4.21. The third-order valence-corrected chi connectivity index (χ3v) is 4.21. The summed E-state index contributed by atoms with van der Waals surface area (Å²) in [7, 11) is 0. The number of nitrogens with one attached hydrogen (secondary N) is 1. The van der Waals surface area contributed by atoms with Gasteiger partial charge in [-0.05, 0) is 30.9 Å². The Morgan fingerprint density at radius 1 is 1.48 bits per heavy atom. The first kappa shape index (κ1) is 13.7. The Morgan fingerprint density at radius 3 is 2.95 bits per heavy atom. The molecule has 2 unspecified atom stereocenters. The van der Waals surface area contributed by atoms with Crippen LogP contribution in [0, 0.1) is 21.8 Å². The summed E-state index contributed by atoms with van der Waals surface area (Å²) in [5, 5.41) is 14.6. The van der Waals surface area contributed by atoms with Gasteiger partial charge >= 0.3 is 0 Å². The minimum absolute atomic E-state index is 0.186. The van der Waals surface area contributed by atoms with E-state index >= 15 is 0 Å². The van der Waals surface area contributed by atoms with Crippen molar-refractivity contribution in [2.45, 2.75) is 32.2 Å². The molecule has 1 aromatic heterocycles. The number of aromatic nitrogens is 1. The first-order valence-corrected chi connectivity index (χ1v) is 7.06. The molecule has 2 atom stereocenters. The van der Waals surface area contributed by atoms with E-state index in [2.05, 4.69) is 17.2 Å². The molecule has 2 aromatic rings. The lowest BCUT2D eigenvalue weighted by Crippen LogP contribution is -2.22. The highest BCUT2D eigenvalue weighted by atomic mass is 19.1. The van der Waals surface area contributed by atoms with E-state index in [0.29, 0.717) is 16.8 Å². The van der Waals surface area contributed by atoms with Crippen molar-refractivity contribution in [3.63, 3.8) is 0 Å². The molecule has 0 spiro atoms. The Balaban J connectivity index is 2.12. The molecular formula is C15H16FN3O2. The fraction of sp³-hybridized carbons (Fsp3) is 0.400. The summed E-state index contributed by atoms with van der Waals surface area (Å²) >= 11 is 0. The van der Waals surface area contributed by atoms with Crippen LogP contribution in [-0.4, -0.2) is 15.9 Å². The van der Waals surface area contributed by atoms with Gasteiger partial charge in [-0.2, -0.15) is 0 Å². The molecule has 110 valence electrons. The minimum atomic E-state index is -0.619. The molecule has 0 amide bonds. The second-order valence-electron chi connectivity index (χ2n) is 5.57. The number of anilines is 1. The van der Waals surface area contributed by atoms with Crippen LogP contribution in [0.2, 0.25) is 0 Å². The van der Waals surface area contributed by atoms with E-state index in [9.17, 15) is 14.5 Å². The quantitative estimate of drug-likeness (QED) is 0.687. The van der Waals surface area contributed by atoms with Crippen molar-refractivity contribution >= 4 is 22.3 Å². The third kappa shape index (κ3) is 2.41. The van der Waals surface area contributed by atoms with Crippen LogP contribution in [0.1, 0.15) is 26.2 Å². The number of nitro benzene ring substituents is 1. The maximum atomic E-state index is 14.3. The Bertz CT molecular complexity index is 705. The number of non-ortho nitro benzene ring substituents is 1. The molecule has 1 aliphatic rings. The fourth-order valence-electron chi connectivity index (χ4n) is 3.03. The SMILES string of the molecule is CC1CCCC1Nc1c(F)cc([N+](=O)[O-])c2cccnc12. The van der Waals surface area contributed by atoms with E-state index < -0.39 is 10.7 Å². The van der Waals surface area contributed by atoms with Gasteiger partial charge in [0, 0.05) is 12.2 Å². The summed E-state index contributed by atoms with van der Waals surface area (Å²) in [6, 6.07) is 4.39. The van der Waals surface area contributed by atoms with Crippen molar-refractivity contribution in [1.29, 1.82) is 0 Å². The van der Waals surface area contributed by atoms with Gasteiger partial charge in [-0.25, -0.2) is 4.39 Å². The lowest BCUT2D eigenvalue weighted by atomic mass is 10.0. The lowest BCUT2D eigenvalue weighted by Gasteiger charge is -2.20. The average molecular weight is 289 g/mol. The number of nitrogens with zero attached hydrogens (tertiary/aromatic N) is 2. The molecule has 1 aliphatic carbocycles. The van der Waals surface area contributed by atoms with Crippen LogP contribution in [0.3, 0.4) is 0 Å². The Labute approximate surface area is 121 Å². The number of halogens is 1. The summed E-state index contributed by atoms with van der Waals surface area (Å²) in [5.74, 6) is -0.162.